The molecule has 2 aromatic carbocycles. The molecule has 2 aromatic rings. The van der Waals surface area contributed by atoms with Gasteiger partial charge in [-0.05, 0) is 42.8 Å². The van der Waals surface area contributed by atoms with E-state index in [1.54, 1.807) is 20.1 Å². The molecule has 0 fully saturated rings. The van der Waals surface area contributed by atoms with Crippen LogP contribution in [-0.4, -0.2) is 19.3 Å². The number of benzene rings is 2. The van der Waals surface area contributed by atoms with E-state index < -0.39 is 6.10 Å². The molecule has 2 rings (SSSR count). The summed E-state index contributed by atoms with van der Waals surface area (Å²) in [5.41, 5.74) is 2.48. The number of nitrogens with zero attached hydrogens (tertiary/aromatic N) is 1. The molecule has 0 saturated heterocycles. The molecule has 0 heterocycles. The molecule has 0 aliphatic heterocycles. The average Bonchev–Trinajstić information content (AvgIpc) is 2.47. The Kier molecular flexibility index (Phi) is 4.81. The third-order valence-corrected chi connectivity index (χ3v) is 3.40. The minimum absolute atomic E-state index is 0.343. The number of ether oxygens (including phenoxy) is 1. The number of aliphatic hydroxyl groups is 1. The van der Waals surface area contributed by atoms with Crippen LogP contribution in [0.5, 0.6) is 5.75 Å². The molecule has 0 saturated carbocycles. The Morgan fingerprint density at radius 2 is 2.00 bits per heavy atom. The fraction of sp³-hybridized carbons (Fsp3) is 0.294. The number of anilines is 1. The highest BCUT2D eigenvalue weighted by atomic mass is 19.1. The first kappa shape index (κ1) is 15.3. The lowest BCUT2D eigenvalue weighted by atomic mass is 10.1. The fourth-order valence-electron chi connectivity index (χ4n) is 2.34. The number of hydrogen-bond donors (Lipinski definition) is 1. The van der Waals surface area contributed by atoms with Crippen molar-refractivity contribution in [2.24, 2.45) is 0 Å². The lowest BCUT2D eigenvalue weighted by molar-refractivity contribution is 0.199. The van der Waals surface area contributed by atoms with Gasteiger partial charge in [-0.25, -0.2) is 4.39 Å². The predicted molar refractivity (Wildman–Crippen MR) is 82.1 cm³/mol. The predicted octanol–water partition coefficient (Wildman–Crippen LogP) is 3.52. The van der Waals surface area contributed by atoms with E-state index >= 15 is 0 Å². The molecule has 3 nitrogen and oxygen atoms in total. The Bertz CT molecular complexity index is 613. The van der Waals surface area contributed by atoms with Crippen LogP contribution in [0.25, 0.3) is 0 Å². The topological polar surface area (TPSA) is 32.7 Å². The van der Waals surface area contributed by atoms with Crippen molar-refractivity contribution in [3.05, 3.63) is 59.4 Å². The smallest absolute Gasteiger partial charge is 0.123 e. The normalized spacial score (nSPS) is 12.0. The third kappa shape index (κ3) is 3.73. The summed E-state index contributed by atoms with van der Waals surface area (Å²) in [6, 6.07) is 12.3. The number of halogens is 1. The minimum atomic E-state index is -0.719. The molecule has 0 aliphatic carbocycles. The number of aliphatic hydroxyl groups excluding tert-OH is 1. The van der Waals surface area contributed by atoms with Crippen LogP contribution in [0, 0.1) is 5.82 Å². The Morgan fingerprint density at radius 1 is 1.24 bits per heavy atom. The lowest BCUT2D eigenvalue weighted by Crippen LogP contribution is -2.18. The van der Waals surface area contributed by atoms with Crippen LogP contribution >= 0.6 is 0 Å². The number of methoxy groups -OCH3 is 1. The SMILES string of the molecule is COc1cccc(CN(C)c2ccc(F)cc2[C@H](C)O)c1. The molecule has 0 unspecified atom stereocenters. The molecule has 0 radical (unpaired) electrons. The summed E-state index contributed by atoms with van der Waals surface area (Å²) in [5.74, 6) is 0.459. The maximum absolute atomic E-state index is 13.4. The Labute approximate surface area is 124 Å². The van der Waals surface area contributed by atoms with Gasteiger partial charge in [0.05, 0.1) is 13.2 Å². The van der Waals surface area contributed by atoms with Crippen LogP contribution in [0.2, 0.25) is 0 Å². The first-order chi connectivity index (χ1) is 10.0. The molecule has 21 heavy (non-hydrogen) atoms. The molecule has 4 heteroatoms. The molecule has 1 N–H and O–H groups in total. The summed E-state index contributed by atoms with van der Waals surface area (Å²) in [6.45, 7) is 2.28. The summed E-state index contributed by atoms with van der Waals surface area (Å²) in [5, 5.41) is 9.81. The van der Waals surface area contributed by atoms with E-state index in [0.717, 1.165) is 17.0 Å². The van der Waals surface area contributed by atoms with E-state index in [2.05, 4.69) is 0 Å². The van der Waals surface area contributed by atoms with Gasteiger partial charge < -0.3 is 14.7 Å². The van der Waals surface area contributed by atoms with E-state index in [4.69, 9.17) is 4.74 Å². The highest BCUT2D eigenvalue weighted by Gasteiger charge is 2.13. The first-order valence-electron chi connectivity index (χ1n) is 6.83. The standard InChI is InChI=1S/C17H20FNO2/c1-12(20)16-10-14(18)7-8-17(16)19(2)11-13-5-4-6-15(9-13)21-3/h4-10,12,20H,11H2,1-3H3/t12-/m0/s1. The van der Waals surface area contributed by atoms with Crippen molar-refractivity contribution in [3.63, 3.8) is 0 Å². The van der Waals surface area contributed by atoms with Gasteiger partial charge in [-0.2, -0.15) is 0 Å². The monoisotopic (exact) mass is 289 g/mol. The van der Waals surface area contributed by atoms with Crippen molar-refractivity contribution < 1.29 is 14.2 Å². The summed E-state index contributed by atoms with van der Waals surface area (Å²) in [7, 11) is 3.55. The summed E-state index contributed by atoms with van der Waals surface area (Å²) < 4.78 is 18.6. The van der Waals surface area contributed by atoms with E-state index in [1.807, 2.05) is 36.2 Å². The van der Waals surface area contributed by atoms with Crippen molar-refractivity contribution in [1.82, 2.24) is 0 Å². The minimum Gasteiger partial charge on any atom is -0.497 e. The fourth-order valence-corrected chi connectivity index (χ4v) is 2.34. The van der Waals surface area contributed by atoms with Gasteiger partial charge in [-0.1, -0.05) is 12.1 Å². The largest absolute Gasteiger partial charge is 0.497 e. The van der Waals surface area contributed by atoms with Gasteiger partial charge in [-0.3, -0.25) is 0 Å². The van der Waals surface area contributed by atoms with Gasteiger partial charge in [0.1, 0.15) is 11.6 Å². The van der Waals surface area contributed by atoms with Gasteiger partial charge in [0.2, 0.25) is 0 Å². The average molecular weight is 289 g/mol. The maximum atomic E-state index is 13.4. The summed E-state index contributed by atoms with van der Waals surface area (Å²) in [4.78, 5) is 1.98. The zero-order valence-corrected chi connectivity index (χ0v) is 12.5. The molecular weight excluding hydrogens is 269 g/mol. The van der Waals surface area contributed by atoms with Crippen LogP contribution < -0.4 is 9.64 Å². The molecular formula is C17H20FNO2. The van der Waals surface area contributed by atoms with Crippen molar-refractivity contribution in [1.29, 1.82) is 0 Å². The van der Waals surface area contributed by atoms with Gasteiger partial charge in [-0.15, -0.1) is 0 Å². The zero-order valence-electron chi connectivity index (χ0n) is 12.5. The van der Waals surface area contributed by atoms with Gasteiger partial charge >= 0.3 is 0 Å². The first-order valence-corrected chi connectivity index (χ1v) is 6.83. The Balaban J connectivity index is 2.25. The molecule has 112 valence electrons. The second-order valence-corrected chi connectivity index (χ2v) is 5.09. The summed E-state index contributed by atoms with van der Waals surface area (Å²) in [6.07, 6.45) is -0.719. The Hall–Kier alpha value is -2.07. The van der Waals surface area contributed by atoms with Crippen LogP contribution in [0.1, 0.15) is 24.2 Å². The highest BCUT2D eigenvalue weighted by molar-refractivity contribution is 5.54. The third-order valence-electron chi connectivity index (χ3n) is 3.40. The molecule has 0 spiro atoms. The van der Waals surface area contributed by atoms with Crippen LogP contribution in [-0.2, 0) is 6.54 Å². The quantitative estimate of drug-likeness (QED) is 0.914. The van der Waals surface area contributed by atoms with Crippen molar-refractivity contribution in [2.75, 3.05) is 19.1 Å². The van der Waals surface area contributed by atoms with Crippen LogP contribution in [0.4, 0.5) is 10.1 Å². The molecule has 0 amide bonds. The molecule has 0 aliphatic rings. The van der Waals surface area contributed by atoms with Gasteiger partial charge in [0.15, 0.2) is 0 Å². The van der Waals surface area contributed by atoms with E-state index in [1.165, 1.54) is 12.1 Å². The zero-order chi connectivity index (χ0) is 15.4. The Morgan fingerprint density at radius 3 is 2.67 bits per heavy atom. The lowest BCUT2D eigenvalue weighted by Gasteiger charge is -2.24. The molecule has 0 aromatic heterocycles. The van der Waals surface area contributed by atoms with Crippen molar-refractivity contribution >= 4 is 5.69 Å². The number of hydrogen-bond acceptors (Lipinski definition) is 3. The highest BCUT2D eigenvalue weighted by Crippen LogP contribution is 2.28. The van der Waals surface area contributed by atoms with Crippen molar-refractivity contribution in [3.8, 4) is 5.75 Å². The molecule has 1 atom stereocenters. The molecule has 0 bridgehead atoms. The maximum Gasteiger partial charge on any atom is 0.123 e. The van der Waals surface area contributed by atoms with E-state index in [0.29, 0.717) is 12.1 Å². The second kappa shape index (κ2) is 6.59. The van der Waals surface area contributed by atoms with Gasteiger partial charge in [0.25, 0.3) is 0 Å². The van der Waals surface area contributed by atoms with Crippen LogP contribution in [0.3, 0.4) is 0 Å². The number of rotatable bonds is 5. The summed E-state index contributed by atoms with van der Waals surface area (Å²) >= 11 is 0. The van der Waals surface area contributed by atoms with E-state index in [-0.39, 0.29) is 5.82 Å². The van der Waals surface area contributed by atoms with Crippen molar-refractivity contribution in [2.45, 2.75) is 19.6 Å². The van der Waals surface area contributed by atoms with Gasteiger partial charge in [0, 0.05) is 24.8 Å². The van der Waals surface area contributed by atoms with Crippen LogP contribution in [0.15, 0.2) is 42.5 Å². The second-order valence-electron chi connectivity index (χ2n) is 5.09. The van der Waals surface area contributed by atoms with E-state index in [9.17, 15) is 9.50 Å².